The van der Waals surface area contributed by atoms with Crippen molar-refractivity contribution in [3.8, 4) is 5.75 Å². The summed E-state index contributed by atoms with van der Waals surface area (Å²) in [6.07, 6.45) is 0. The Morgan fingerprint density at radius 1 is 1.64 bits per heavy atom. The van der Waals surface area contributed by atoms with E-state index in [0.717, 1.165) is 5.56 Å². The smallest absolute Gasteiger partial charge is 0.316 e. The van der Waals surface area contributed by atoms with Gasteiger partial charge in [0, 0.05) is 5.56 Å². The first kappa shape index (κ1) is 9.34. The molecule has 14 heavy (non-hydrogen) atoms. The number of carbonyl (C=O) groups excluding carboxylic acids is 1. The normalized spacial score (nSPS) is 18.6. The molecule has 0 saturated carbocycles. The van der Waals surface area contributed by atoms with Gasteiger partial charge in [0.05, 0.1) is 12.1 Å². The van der Waals surface area contributed by atoms with E-state index in [0.29, 0.717) is 17.4 Å². The molecule has 1 aromatic rings. The topological polar surface area (TPSA) is 35.5 Å². The van der Waals surface area contributed by atoms with Crippen molar-refractivity contribution in [1.82, 2.24) is 0 Å². The molecular formula is C10H9ClO3. The van der Waals surface area contributed by atoms with Crippen LogP contribution >= 0.6 is 11.6 Å². The second kappa shape index (κ2) is 3.50. The number of para-hydroxylation sites is 1. The van der Waals surface area contributed by atoms with E-state index in [1.54, 1.807) is 12.1 Å². The molecule has 1 aliphatic heterocycles. The van der Waals surface area contributed by atoms with Gasteiger partial charge in [-0.05, 0) is 6.07 Å². The summed E-state index contributed by atoms with van der Waals surface area (Å²) in [5.74, 6) is -0.0238. The van der Waals surface area contributed by atoms with E-state index < -0.39 is 0 Å². The summed E-state index contributed by atoms with van der Waals surface area (Å²) in [6, 6.07) is 5.36. The lowest BCUT2D eigenvalue weighted by Crippen LogP contribution is -2.15. The van der Waals surface area contributed by atoms with Crippen LogP contribution in [0, 0.1) is 0 Å². The highest BCUT2D eigenvalue weighted by Gasteiger charge is 2.32. The van der Waals surface area contributed by atoms with Crippen LogP contribution in [0.2, 0.25) is 5.02 Å². The fourth-order valence-electron chi connectivity index (χ4n) is 1.55. The Morgan fingerprint density at radius 2 is 2.43 bits per heavy atom. The standard InChI is InChI=1S/C10H9ClO3/c1-13-10(12)7-5-14-9-6(7)3-2-4-8(9)11/h2-4,7H,5H2,1H3. The van der Waals surface area contributed by atoms with Crippen molar-refractivity contribution in [1.29, 1.82) is 0 Å². The Morgan fingerprint density at radius 3 is 3.14 bits per heavy atom. The summed E-state index contributed by atoms with van der Waals surface area (Å²) < 4.78 is 10.0. The van der Waals surface area contributed by atoms with Gasteiger partial charge in [-0.3, -0.25) is 4.79 Å². The van der Waals surface area contributed by atoms with Crippen LogP contribution in [0.3, 0.4) is 0 Å². The van der Waals surface area contributed by atoms with Crippen LogP contribution in [0.4, 0.5) is 0 Å². The minimum Gasteiger partial charge on any atom is -0.490 e. The van der Waals surface area contributed by atoms with Crippen LogP contribution in [-0.4, -0.2) is 19.7 Å². The number of hydrogen-bond acceptors (Lipinski definition) is 3. The Balaban J connectivity index is 2.40. The summed E-state index contributed by atoms with van der Waals surface area (Å²) in [4.78, 5) is 11.3. The molecule has 2 rings (SSSR count). The first-order valence-corrected chi connectivity index (χ1v) is 4.61. The van der Waals surface area contributed by atoms with E-state index in [2.05, 4.69) is 4.74 Å². The van der Waals surface area contributed by atoms with Gasteiger partial charge in [-0.1, -0.05) is 23.7 Å². The number of benzene rings is 1. The molecule has 1 aliphatic rings. The predicted octanol–water partition coefficient (Wildman–Crippen LogP) is 1.99. The lowest BCUT2D eigenvalue weighted by Gasteiger charge is -2.05. The van der Waals surface area contributed by atoms with Gasteiger partial charge in [0.15, 0.2) is 0 Å². The van der Waals surface area contributed by atoms with Crippen LogP contribution < -0.4 is 4.74 Å². The molecule has 0 aromatic heterocycles. The Labute approximate surface area is 86.6 Å². The van der Waals surface area contributed by atoms with Crippen molar-refractivity contribution in [2.24, 2.45) is 0 Å². The van der Waals surface area contributed by atoms with Crippen molar-refractivity contribution >= 4 is 17.6 Å². The van der Waals surface area contributed by atoms with Crippen molar-refractivity contribution in [2.75, 3.05) is 13.7 Å². The number of ether oxygens (including phenoxy) is 2. The van der Waals surface area contributed by atoms with Gasteiger partial charge in [-0.2, -0.15) is 0 Å². The zero-order valence-electron chi connectivity index (χ0n) is 7.62. The second-order valence-electron chi connectivity index (χ2n) is 3.04. The van der Waals surface area contributed by atoms with Crippen molar-refractivity contribution in [3.05, 3.63) is 28.8 Å². The highest BCUT2D eigenvalue weighted by Crippen LogP contribution is 2.39. The van der Waals surface area contributed by atoms with E-state index in [-0.39, 0.29) is 11.9 Å². The molecule has 0 N–H and O–H groups in total. The van der Waals surface area contributed by atoms with Crippen LogP contribution in [0.15, 0.2) is 18.2 Å². The maximum Gasteiger partial charge on any atom is 0.316 e. The third-order valence-electron chi connectivity index (χ3n) is 2.25. The van der Waals surface area contributed by atoms with Gasteiger partial charge in [0.25, 0.3) is 0 Å². The van der Waals surface area contributed by atoms with Gasteiger partial charge >= 0.3 is 5.97 Å². The highest BCUT2D eigenvalue weighted by atomic mass is 35.5. The van der Waals surface area contributed by atoms with E-state index in [9.17, 15) is 4.79 Å². The molecule has 0 spiro atoms. The number of halogens is 1. The molecule has 0 radical (unpaired) electrons. The van der Waals surface area contributed by atoms with Crippen molar-refractivity contribution in [3.63, 3.8) is 0 Å². The first-order valence-electron chi connectivity index (χ1n) is 4.23. The average Bonchev–Trinajstić information content (AvgIpc) is 2.62. The lowest BCUT2D eigenvalue weighted by atomic mass is 10.0. The minimum atomic E-state index is -0.339. The molecule has 0 amide bonds. The molecule has 1 atom stereocenters. The zero-order chi connectivity index (χ0) is 10.1. The number of carbonyl (C=O) groups is 1. The van der Waals surface area contributed by atoms with Crippen LogP contribution in [0.5, 0.6) is 5.75 Å². The number of fused-ring (bicyclic) bond motifs is 1. The van der Waals surface area contributed by atoms with Crippen LogP contribution in [0.1, 0.15) is 11.5 Å². The number of rotatable bonds is 1. The molecule has 4 heteroatoms. The number of esters is 1. The number of hydrogen-bond donors (Lipinski definition) is 0. The third-order valence-corrected chi connectivity index (χ3v) is 2.55. The Kier molecular flexibility index (Phi) is 2.33. The summed E-state index contributed by atoms with van der Waals surface area (Å²) in [6.45, 7) is 0.311. The third kappa shape index (κ3) is 1.34. The molecule has 1 unspecified atom stereocenters. The Hall–Kier alpha value is -1.22. The molecule has 3 nitrogen and oxygen atoms in total. The van der Waals surface area contributed by atoms with E-state index in [1.807, 2.05) is 6.07 Å². The molecule has 1 aromatic carbocycles. The largest absolute Gasteiger partial charge is 0.490 e. The predicted molar refractivity (Wildman–Crippen MR) is 51.7 cm³/mol. The molecule has 0 saturated heterocycles. The quantitative estimate of drug-likeness (QED) is 0.668. The summed E-state index contributed by atoms with van der Waals surface area (Å²) in [7, 11) is 1.37. The minimum absolute atomic E-state index is 0.286. The monoisotopic (exact) mass is 212 g/mol. The fraction of sp³-hybridized carbons (Fsp3) is 0.300. The Bertz CT molecular complexity index is 376. The molecule has 0 aliphatic carbocycles. The summed E-state index contributed by atoms with van der Waals surface area (Å²) in [5.41, 5.74) is 0.810. The van der Waals surface area contributed by atoms with Gasteiger partial charge in [-0.15, -0.1) is 0 Å². The van der Waals surface area contributed by atoms with E-state index >= 15 is 0 Å². The second-order valence-corrected chi connectivity index (χ2v) is 3.45. The summed E-state index contributed by atoms with van der Waals surface area (Å²) >= 11 is 5.91. The lowest BCUT2D eigenvalue weighted by molar-refractivity contribution is -0.142. The first-order chi connectivity index (χ1) is 6.74. The molecule has 0 bridgehead atoms. The van der Waals surface area contributed by atoms with Crippen LogP contribution in [0.25, 0.3) is 0 Å². The molecule has 1 heterocycles. The van der Waals surface area contributed by atoms with Crippen molar-refractivity contribution < 1.29 is 14.3 Å². The van der Waals surface area contributed by atoms with E-state index in [1.165, 1.54) is 7.11 Å². The van der Waals surface area contributed by atoms with Crippen molar-refractivity contribution in [2.45, 2.75) is 5.92 Å². The fourth-order valence-corrected chi connectivity index (χ4v) is 1.78. The molecular weight excluding hydrogens is 204 g/mol. The van der Waals surface area contributed by atoms with Crippen LogP contribution in [-0.2, 0) is 9.53 Å². The average molecular weight is 213 g/mol. The highest BCUT2D eigenvalue weighted by molar-refractivity contribution is 6.32. The maximum absolute atomic E-state index is 11.3. The van der Waals surface area contributed by atoms with Gasteiger partial charge < -0.3 is 9.47 Å². The van der Waals surface area contributed by atoms with E-state index in [4.69, 9.17) is 16.3 Å². The maximum atomic E-state index is 11.3. The SMILES string of the molecule is COC(=O)C1COc2c(Cl)cccc21. The van der Waals surface area contributed by atoms with Gasteiger partial charge in [0.2, 0.25) is 0 Å². The zero-order valence-corrected chi connectivity index (χ0v) is 8.38. The molecule has 74 valence electrons. The number of methoxy groups -OCH3 is 1. The molecule has 0 fully saturated rings. The summed E-state index contributed by atoms with van der Waals surface area (Å²) in [5, 5.41) is 0.536. The van der Waals surface area contributed by atoms with Gasteiger partial charge in [-0.25, -0.2) is 0 Å². The van der Waals surface area contributed by atoms with Gasteiger partial charge in [0.1, 0.15) is 18.3 Å².